The van der Waals surface area contributed by atoms with Crippen LogP contribution in [0.4, 0.5) is 0 Å². The van der Waals surface area contributed by atoms with Gasteiger partial charge in [0.25, 0.3) is 5.91 Å². The molecule has 0 saturated carbocycles. The highest BCUT2D eigenvalue weighted by atomic mass is 79.9. The van der Waals surface area contributed by atoms with Gasteiger partial charge in [0.05, 0.1) is 19.1 Å². The predicted octanol–water partition coefficient (Wildman–Crippen LogP) is 1.24. The van der Waals surface area contributed by atoms with Gasteiger partial charge in [-0.3, -0.25) is 9.59 Å². The number of carboxylic acids is 1. The number of carbonyl (C=O) groups is 3. The van der Waals surface area contributed by atoms with Crippen LogP contribution in [-0.2, 0) is 14.3 Å². The summed E-state index contributed by atoms with van der Waals surface area (Å²) in [4.78, 5) is 37.8. The maximum atomic E-state index is 11.9. The van der Waals surface area contributed by atoms with Crippen molar-refractivity contribution in [2.75, 3.05) is 7.11 Å². The minimum Gasteiger partial charge on any atom is -0.480 e. The minimum atomic E-state index is -1.41. The van der Waals surface area contributed by atoms with Gasteiger partial charge in [0.1, 0.15) is 11.2 Å². The van der Waals surface area contributed by atoms with Crippen LogP contribution in [0.1, 0.15) is 16.8 Å². The van der Waals surface area contributed by atoms with Crippen LogP contribution in [0.25, 0.3) is 0 Å². The number of ether oxygens (including phenoxy) is 1. The summed E-state index contributed by atoms with van der Waals surface area (Å²) in [5, 5.41) is 11.1. The van der Waals surface area contributed by atoms with Gasteiger partial charge in [0.15, 0.2) is 0 Å². The molecule has 2 N–H and O–H groups in total. The standard InChI is InChI=1S/C11H10BrClN2O5/c1-20-8(16)3-7(11(18)19)15-10(17)6-2-5(12)4-14-9(6)13/h2,4,7H,3H2,1H3,(H,15,17)(H,18,19)/t7-/m0/s1. The zero-order valence-corrected chi connectivity index (χ0v) is 12.6. The van der Waals surface area contributed by atoms with Gasteiger partial charge in [0.2, 0.25) is 0 Å². The Morgan fingerprint density at radius 3 is 2.75 bits per heavy atom. The van der Waals surface area contributed by atoms with E-state index in [2.05, 4.69) is 31.0 Å². The molecule has 0 aromatic carbocycles. The number of amides is 1. The molecule has 108 valence electrons. The van der Waals surface area contributed by atoms with Gasteiger partial charge < -0.3 is 15.2 Å². The van der Waals surface area contributed by atoms with E-state index >= 15 is 0 Å². The topological polar surface area (TPSA) is 106 Å². The highest BCUT2D eigenvalue weighted by Gasteiger charge is 2.25. The fourth-order valence-electron chi connectivity index (χ4n) is 1.27. The zero-order chi connectivity index (χ0) is 15.3. The second kappa shape index (κ2) is 7.20. The minimum absolute atomic E-state index is 0.00263. The van der Waals surface area contributed by atoms with Crippen LogP contribution in [0.3, 0.4) is 0 Å². The van der Waals surface area contributed by atoms with Gasteiger partial charge >= 0.3 is 11.9 Å². The lowest BCUT2D eigenvalue weighted by molar-refractivity contribution is -0.147. The molecule has 0 bridgehead atoms. The molecule has 1 amide bonds. The van der Waals surface area contributed by atoms with Crippen molar-refractivity contribution in [1.82, 2.24) is 10.3 Å². The Hall–Kier alpha value is -1.67. The molecule has 1 heterocycles. The first-order chi connectivity index (χ1) is 9.35. The van der Waals surface area contributed by atoms with Crippen LogP contribution in [0.2, 0.25) is 5.15 Å². The molecule has 0 radical (unpaired) electrons. The Balaban J connectivity index is 2.88. The number of nitrogens with one attached hydrogen (secondary N) is 1. The molecule has 0 saturated heterocycles. The highest BCUT2D eigenvalue weighted by molar-refractivity contribution is 9.10. The first-order valence-electron chi connectivity index (χ1n) is 5.26. The molecule has 7 nitrogen and oxygen atoms in total. The van der Waals surface area contributed by atoms with Gasteiger partial charge in [-0.25, -0.2) is 9.78 Å². The molecular formula is C11H10BrClN2O5. The quantitative estimate of drug-likeness (QED) is 0.601. The maximum Gasteiger partial charge on any atom is 0.326 e. The smallest absolute Gasteiger partial charge is 0.326 e. The first-order valence-corrected chi connectivity index (χ1v) is 6.43. The van der Waals surface area contributed by atoms with Crippen LogP contribution >= 0.6 is 27.5 Å². The van der Waals surface area contributed by atoms with Crippen LogP contribution in [0.15, 0.2) is 16.7 Å². The van der Waals surface area contributed by atoms with Gasteiger partial charge in [-0.05, 0) is 22.0 Å². The zero-order valence-electron chi connectivity index (χ0n) is 10.2. The molecule has 1 atom stereocenters. The lowest BCUT2D eigenvalue weighted by atomic mass is 10.2. The molecule has 9 heteroatoms. The molecule has 20 heavy (non-hydrogen) atoms. The number of rotatable bonds is 5. The number of esters is 1. The molecule has 0 aliphatic rings. The maximum absolute atomic E-state index is 11.9. The number of carbonyl (C=O) groups excluding carboxylic acids is 2. The number of nitrogens with zero attached hydrogens (tertiary/aromatic N) is 1. The van der Waals surface area contributed by atoms with Crippen LogP contribution in [-0.4, -0.2) is 41.1 Å². The van der Waals surface area contributed by atoms with Crippen molar-refractivity contribution in [2.45, 2.75) is 12.5 Å². The molecule has 0 aliphatic heterocycles. The van der Waals surface area contributed by atoms with Crippen molar-refractivity contribution < 1.29 is 24.2 Å². The number of aliphatic carboxylic acids is 1. The van der Waals surface area contributed by atoms with Gasteiger partial charge in [0, 0.05) is 10.7 Å². The van der Waals surface area contributed by atoms with Crippen LogP contribution in [0.5, 0.6) is 0 Å². The molecule has 0 spiro atoms. The molecule has 0 fully saturated rings. The monoisotopic (exact) mass is 364 g/mol. The third-order valence-electron chi connectivity index (χ3n) is 2.25. The summed E-state index contributed by atoms with van der Waals surface area (Å²) < 4.78 is 4.87. The van der Waals surface area contributed by atoms with Gasteiger partial charge in [-0.1, -0.05) is 11.6 Å². The van der Waals surface area contributed by atoms with E-state index in [0.29, 0.717) is 4.47 Å². The van der Waals surface area contributed by atoms with Crippen LogP contribution < -0.4 is 5.32 Å². The Labute approximate surface area is 127 Å². The lowest BCUT2D eigenvalue weighted by Crippen LogP contribution is -2.42. The summed E-state index contributed by atoms with van der Waals surface area (Å²) in [6.45, 7) is 0. The van der Waals surface area contributed by atoms with E-state index in [4.69, 9.17) is 16.7 Å². The van der Waals surface area contributed by atoms with E-state index in [0.717, 1.165) is 7.11 Å². The number of aromatic nitrogens is 1. The third kappa shape index (κ3) is 4.46. The van der Waals surface area contributed by atoms with Gasteiger partial charge in [-0.2, -0.15) is 0 Å². The molecular weight excluding hydrogens is 355 g/mol. The van der Waals surface area contributed by atoms with E-state index < -0.39 is 30.3 Å². The fourth-order valence-corrected chi connectivity index (χ4v) is 1.79. The van der Waals surface area contributed by atoms with Crippen molar-refractivity contribution in [3.8, 4) is 0 Å². The second-order valence-corrected chi connectivity index (χ2v) is 4.91. The van der Waals surface area contributed by atoms with Crippen molar-refractivity contribution >= 4 is 45.4 Å². The van der Waals surface area contributed by atoms with Crippen molar-refractivity contribution in [1.29, 1.82) is 0 Å². The Kier molecular flexibility index (Phi) is 5.90. The molecule has 1 aromatic heterocycles. The molecule has 0 unspecified atom stereocenters. The molecule has 1 rings (SSSR count). The number of methoxy groups -OCH3 is 1. The average molecular weight is 366 g/mol. The second-order valence-electron chi connectivity index (χ2n) is 3.64. The Bertz CT molecular complexity index is 552. The molecule has 1 aromatic rings. The number of carboxylic acid groups (broad SMARTS) is 1. The predicted molar refractivity (Wildman–Crippen MR) is 72.5 cm³/mol. The van der Waals surface area contributed by atoms with E-state index in [1.165, 1.54) is 12.3 Å². The SMILES string of the molecule is COC(=O)C[C@H](NC(=O)c1cc(Br)cnc1Cl)C(=O)O. The number of halogens is 2. The Morgan fingerprint density at radius 1 is 1.55 bits per heavy atom. The van der Waals surface area contributed by atoms with Crippen molar-refractivity contribution in [3.05, 3.63) is 27.5 Å². The lowest BCUT2D eigenvalue weighted by Gasteiger charge is -2.13. The summed E-state index contributed by atoms with van der Waals surface area (Å²) in [6.07, 6.45) is 0.902. The third-order valence-corrected chi connectivity index (χ3v) is 2.99. The highest BCUT2D eigenvalue weighted by Crippen LogP contribution is 2.18. The summed E-state index contributed by atoms with van der Waals surface area (Å²) in [5.74, 6) is -2.86. The fraction of sp³-hybridized carbons (Fsp3) is 0.273. The number of hydrogen-bond acceptors (Lipinski definition) is 5. The number of hydrogen-bond donors (Lipinski definition) is 2. The van der Waals surface area contributed by atoms with E-state index in [9.17, 15) is 14.4 Å². The van der Waals surface area contributed by atoms with E-state index in [-0.39, 0.29) is 10.7 Å². The van der Waals surface area contributed by atoms with Crippen LogP contribution in [0, 0.1) is 0 Å². The van der Waals surface area contributed by atoms with Gasteiger partial charge in [-0.15, -0.1) is 0 Å². The van der Waals surface area contributed by atoms with E-state index in [1.54, 1.807) is 0 Å². The largest absolute Gasteiger partial charge is 0.480 e. The summed E-state index contributed by atoms with van der Waals surface area (Å²) in [6, 6.07) is -0.0214. The average Bonchev–Trinajstić information content (AvgIpc) is 2.40. The Morgan fingerprint density at radius 2 is 2.20 bits per heavy atom. The first kappa shape index (κ1) is 16.4. The summed E-state index contributed by atoms with van der Waals surface area (Å²) >= 11 is 8.87. The summed E-state index contributed by atoms with van der Waals surface area (Å²) in [5.41, 5.74) is -0.00263. The summed E-state index contributed by atoms with van der Waals surface area (Å²) in [7, 11) is 1.12. The van der Waals surface area contributed by atoms with Crippen molar-refractivity contribution in [3.63, 3.8) is 0 Å². The van der Waals surface area contributed by atoms with E-state index in [1.807, 2.05) is 0 Å². The van der Waals surface area contributed by atoms with Crippen molar-refractivity contribution in [2.24, 2.45) is 0 Å². The molecule has 0 aliphatic carbocycles. The number of pyridine rings is 1. The normalized spacial score (nSPS) is 11.6.